The molecule has 0 radical (unpaired) electrons. The van der Waals surface area contributed by atoms with Gasteiger partial charge in [-0.15, -0.1) is 0 Å². The molecule has 0 amide bonds. The number of hydrogen-bond donors (Lipinski definition) is 2. The van der Waals surface area contributed by atoms with E-state index < -0.39 is 21.0 Å². The van der Waals surface area contributed by atoms with E-state index in [4.69, 9.17) is 19.9 Å². The monoisotopic (exact) mass is 484 g/mol. The van der Waals surface area contributed by atoms with Gasteiger partial charge in [-0.25, -0.2) is 0 Å². The van der Waals surface area contributed by atoms with Crippen LogP contribution in [0.3, 0.4) is 0 Å². The number of ether oxygens (including phenoxy) is 1. The third-order valence-corrected chi connectivity index (χ3v) is 7.55. The van der Waals surface area contributed by atoms with E-state index in [-0.39, 0.29) is 0 Å². The molecule has 0 fully saturated rings. The molecule has 1 aliphatic rings. The summed E-state index contributed by atoms with van der Waals surface area (Å²) in [4.78, 5) is 1.06. The van der Waals surface area contributed by atoms with Crippen molar-refractivity contribution in [2.75, 3.05) is 18.6 Å². The number of nitrogen functional groups attached to an aromatic ring is 2. The van der Waals surface area contributed by atoms with Gasteiger partial charge in [-0.1, -0.05) is 36.4 Å². The predicted molar refractivity (Wildman–Crippen MR) is 123 cm³/mol. The fraction of sp³-hybridized carbons (Fsp3) is 0.0417. The summed E-state index contributed by atoms with van der Waals surface area (Å²) in [5, 5.41) is 0. The first-order valence-corrected chi connectivity index (χ1v) is 12.1. The lowest BCUT2D eigenvalue weighted by Gasteiger charge is -2.22. The van der Waals surface area contributed by atoms with Crippen molar-refractivity contribution >= 4 is 37.5 Å². The van der Waals surface area contributed by atoms with Crippen molar-refractivity contribution in [2.24, 2.45) is 0 Å². The number of hydrogen-bond acceptors (Lipinski definition) is 7. The summed E-state index contributed by atoms with van der Waals surface area (Å²) >= 11 is 0. The second kappa shape index (κ2) is 9.40. The Kier molecular flexibility index (Phi) is 6.57. The van der Waals surface area contributed by atoms with Crippen LogP contribution in [0.25, 0.3) is 10.5 Å². The molecule has 170 valence electrons. The Labute approximate surface area is 196 Å². The molecule has 0 aromatic heterocycles. The van der Waals surface area contributed by atoms with Gasteiger partial charge in [-0.3, -0.25) is 0 Å². The summed E-state index contributed by atoms with van der Waals surface area (Å²) in [5.41, 5.74) is 15.8. The van der Waals surface area contributed by atoms with Gasteiger partial charge in [-0.05, 0) is 70.8 Å². The quantitative estimate of drug-likeness (QED) is 0.400. The van der Waals surface area contributed by atoms with Crippen molar-refractivity contribution in [2.45, 2.75) is 0 Å². The summed E-state index contributed by atoms with van der Waals surface area (Å²) in [5.74, 6) is 0.708. The molecule has 1 aliphatic heterocycles. The molecule has 0 saturated carbocycles. The minimum absolute atomic E-state index is 0.530. The molecule has 0 spiro atoms. The van der Waals surface area contributed by atoms with E-state index in [1.54, 1.807) is 55.6 Å². The highest BCUT2D eigenvalue weighted by atomic mass is 35.7. The summed E-state index contributed by atoms with van der Waals surface area (Å²) in [6.45, 7) is 0. The number of anilines is 2. The van der Waals surface area contributed by atoms with Gasteiger partial charge in [0.25, 0.3) is 0 Å². The van der Waals surface area contributed by atoms with Crippen LogP contribution in [0.1, 0.15) is 16.7 Å². The maximum atomic E-state index is 11.7. The maximum Gasteiger partial charge on any atom is 0.148 e. The van der Waals surface area contributed by atoms with Gasteiger partial charge in [0, 0.05) is 11.4 Å². The molecular formula is C24H21ClN2O5S. The van der Waals surface area contributed by atoms with E-state index in [9.17, 15) is 14.0 Å². The topological polar surface area (TPSA) is 140 Å². The van der Waals surface area contributed by atoms with Crippen molar-refractivity contribution in [1.82, 2.24) is 0 Å². The number of nitrogens with two attached hydrogens (primary N) is 2. The second-order valence-electron chi connectivity index (χ2n) is 7.15. The van der Waals surface area contributed by atoms with Crippen LogP contribution in [0.15, 0.2) is 84.9 Å². The molecule has 33 heavy (non-hydrogen) atoms. The molecule has 7 nitrogen and oxygen atoms in total. The van der Waals surface area contributed by atoms with Crippen molar-refractivity contribution in [1.29, 1.82) is 0 Å². The van der Waals surface area contributed by atoms with E-state index in [0.717, 1.165) is 11.1 Å². The third kappa shape index (κ3) is 5.45. The Balaban J connectivity index is 1.96. The molecule has 0 saturated heterocycles. The number of rotatable bonds is 6. The average molecular weight is 485 g/mol. The predicted octanol–water partition coefficient (Wildman–Crippen LogP) is 1.62. The fourth-order valence-corrected chi connectivity index (χ4v) is 5.89. The Morgan fingerprint density at radius 1 is 0.697 bits per heavy atom. The first-order chi connectivity index (χ1) is 15.7. The van der Waals surface area contributed by atoms with E-state index in [1.807, 2.05) is 36.4 Å². The summed E-state index contributed by atoms with van der Waals surface area (Å²) in [7, 11) is -4.63. The van der Waals surface area contributed by atoms with Gasteiger partial charge in [0.05, 0.1) is 27.1 Å². The van der Waals surface area contributed by atoms with Gasteiger partial charge in [0.2, 0.25) is 0 Å². The normalized spacial score (nSPS) is 16.2. The molecular weight excluding hydrogens is 464 g/mol. The van der Waals surface area contributed by atoms with Crippen LogP contribution in [-0.4, -0.2) is 12.0 Å². The third-order valence-electron chi connectivity index (χ3n) is 4.93. The smallest absolute Gasteiger partial charge is 0.148 e. The van der Waals surface area contributed by atoms with Crippen LogP contribution in [0.5, 0.6) is 5.75 Å². The Morgan fingerprint density at radius 3 is 1.73 bits per heavy atom. The van der Waals surface area contributed by atoms with E-state index in [2.05, 4.69) is 0 Å². The molecule has 0 aliphatic carbocycles. The number of halogens is 1. The molecule has 3 aromatic rings. The summed E-state index contributed by atoms with van der Waals surface area (Å²) in [6, 6.07) is 21.3. The SMILES string of the molecule is COc1ccc(C2=CC(c3ccc(N)cc3)=S(O[Cl+3]([O-])([O-])[O-])C(c3ccc(N)cc3)=C2)cc1. The Bertz CT molecular complexity index is 1250. The standard InChI is InChI=1S/C24H21ClN2O5S/c1-31-22-12-6-16(7-13-22)19-14-23(17-2-8-20(26)9-3-17)33(32-25(28,29)30)24(15-19)18-4-10-21(27)11-5-18/h2-15H,26-27H2,1H3. The van der Waals surface area contributed by atoms with Gasteiger partial charge in [0.1, 0.15) is 20.3 Å². The van der Waals surface area contributed by atoms with Crippen LogP contribution < -0.4 is 30.2 Å². The zero-order chi connectivity index (χ0) is 23.6. The average Bonchev–Trinajstić information content (AvgIpc) is 2.79. The minimum atomic E-state index is -4.70. The van der Waals surface area contributed by atoms with Crippen LogP contribution >= 0.6 is 10.8 Å². The highest BCUT2D eigenvalue weighted by Crippen LogP contribution is 2.45. The van der Waals surface area contributed by atoms with Crippen molar-refractivity contribution in [3.63, 3.8) is 0 Å². The molecule has 0 bridgehead atoms. The summed E-state index contributed by atoms with van der Waals surface area (Å²) in [6.07, 6.45) is 3.63. The van der Waals surface area contributed by atoms with Gasteiger partial charge in [-0.2, -0.15) is 14.0 Å². The number of benzene rings is 3. The zero-order valence-electron chi connectivity index (χ0n) is 17.6. The largest absolute Gasteiger partial charge is 0.497 e. The van der Waals surface area contributed by atoms with Crippen molar-refractivity contribution in [3.05, 3.63) is 102 Å². The lowest BCUT2D eigenvalue weighted by molar-refractivity contribution is -1.91. The van der Waals surface area contributed by atoms with Crippen molar-refractivity contribution in [3.8, 4) is 5.75 Å². The molecule has 3 aromatic carbocycles. The van der Waals surface area contributed by atoms with E-state index in [1.165, 1.54) is 0 Å². The first-order valence-electron chi connectivity index (χ1n) is 9.75. The highest BCUT2D eigenvalue weighted by molar-refractivity contribution is 8.20. The molecule has 9 heteroatoms. The lowest BCUT2D eigenvalue weighted by Crippen LogP contribution is -2.60. The Morgan fingerprint density at radius 2 is 1.21 bits per heavy atom. The van der Waals surface area contributed by atoms with Crippen LogP contribution in [0, 0.1) is 10.2 Å². The minimum Gasteiger partial charge on any atom is -0.497 e. The van der Waals surface area contributed by atoms with Crippen molar-refractivity contribution < 1.29 is 32.7 Å². The van der Waals surface area contributed by atoms with Gasteiger partial charge >= 0.3 is 0 Å². The van der Waals surface area contributed by atoms with E-state index >= 15 is 0 Å². The van der Waals surface area contributed by atoms with Gasteiger partial charge < -0.3 is 16.2 Å². The maximum absolute atomic E-state index is 11.7. The molecule has 1 unspecified atom stereocenters. The first kappa shape index (κ1) is 23.1. The lowest BCUT2D eigenvalue weighted by atomic mass is 10.00. The van der Waals surface area contributed by atoms with E-state index in [0.29, 0.717) is 38.0 Å². The van der Waals surface area contributed by atoms with Crippen LogP contribution in [-0.2, 0) is 3.74 Å². The molecule has 1 heterocycles. The number of allylic oxidation sites excluding steroid dienone is 3. The summed E-state index contributed by atoms with van der Waals surface area (Å²) < 4.78 is 45.3. The molecule has 4 N–H and O–H groups in total. The number of methoxy groups -OCH3 is 1. The second-order valence-corrected chi connectivity index (χ2v) is 9.83. The van der Waals surface area contributed by atoms with Crippen LogP contribution in [0.4, 0.5) is 11.4 Å². The molecule has 4 rings (SSSR count). The zero-order valence-corrected chi connectivity index (χ0v) is 19.1. The Hall–Kier alpha value is -3.11. The van der Waals surface area contributed by atoms with Crippen LogP contribution in [0.2, 0.25) is 0 Å². The fourth-order valence-electron chi connectivity index (χ4n) is 3.32. The highest BCUT2D eigenvalue weighted by Gasteiger charge is 2.31. The van der Waals surface area contributed by atoms with Gasteiger partial charge in [0.15, 0.2) is 0 Å². The molecule has 1 atom stereocenters.